The fourth-order valence-corrected chi connectivity index (χ4v) is 2.77. The maximum atomic E-state index is 13.4. The third-order valence-electron chi connectivity index (χ3n) is 3.29. The molecule has 0 saturated carbocycles. The molecule has 2 heterocycles. The van der Waals surface area contributed by atoms with Crippen molar-refractivity contribution in [3.63, 3.8) is 0 Å². The molecule has 3 rings (SSSR count). The maximum Gasteiger partial charge on any atom is 0.184 e. The van der Waals surface area contributed by atoms with Crippen LogP contribution in [0.5, 0.6) is 0 Å². The van der Waals surface area contributed by atoms with Crippen molar-refractivity contribution >= 4 is 23.4 Å². The van der Waals surface area contributed by atoms with E-state index in [-0.39, 0.29) is 5.82 Å². The Kier molecular flexibility index (Phi) is 3.17. The molecule has 3 aromatic rings. The van der Waals surface area contributed by atoms with Crippen LogP contribution in [0.3, 0.4) is 0 Å². The van der Waals surface area contributed by atoms with Gasteiger partial charge in [0.05, 0.1) is 11.4 Å². The molecule has 6 heteroatoms. The Labute approximate surface area is 120 Å². The van der Waals surface area contributed by atoms with Crippen LogP contribution in [0.25, 0.3) is 16.9 Å². The number of aryl methyl sites for hydroxylation is 2. The highest BCUT2D eigenvalue weighted by Crippen LogP contribution is 2.23. The Hall–Kier alpha value is -1.95. The number of H-pyrrole nitrogens is 1. The molecular formula is C14H15FN4S. The fraction of sp³-hybridized carbons (Fsp3) is 0.286. The molecule has 0 radical (unpaired) electrons. The van der Waals surface area contributed by atoms with Gasteiger partial charge in [0.2, 0.25) is 0 Å². The summed E-state index contributed by atoms with van der Waals surface area (Å²) in [6, 6.07) is 6.39. The van der Waals surface area contributed by atoms with Gasteiger partial charge in [-0.05, 0) is 36.8 Å². The van der Waals surface area contributed by atoms with E-state index in [2.05, 4.69) is 17.0 Å². The summed E-state index contributed by atoms with van der Waals surface area (Å²) in [4.78, 5) is 3.19. The summed E-state index contributed by atoms with van der Waals surface area (Å²) >= 11 is 5.38. The number of aromatic amines is 1. The Morgan fingerprint density at radius 1 is 1.40 bits per heavy atom. The minimum atomic E-state index is -0.283. The van der Waals surface area contributed by atoms with Crippen LogP contribution in [0.1, 0.15) is 19.0 Å². The van der Waals surface area contributed by atoms with Gasteiger partial charge in [0.1, 0.15) is 11.3 Å². The van der Waals surface area contributed by atoms with Crippen LogP contribution in [-0.2, 0) is 13.5 Å². The minimum absolute atomic E-state index is 0.283. The first-order chi connectivity index (χ1) is 9.61. The third-order valence-corrected chi connectivity index (χ3v) is 3.57. The Balaban J connectivity index is 2.31. The molecule has 0 aliphatic heterocycles. The van der Waals surface area contributed by atoms with E-state index >= 15 is 0 Å². The third kappa shape index (κ3) is 1.96. The molecule has 0 spiro atoms. The Morgan fingerprint density at radius 3 is 2.90 bits per heavy atom. The maximum absolute atomic E-state index is 13.4. The van der Waals surface area contributed by atoms with Crippen molar-refractivity contribution in [2.24, 2.45) is 7.05 Å². The van der Waals surface area contributed by atoms with E-state index in [0.717, 1.165) is 29.7 Å². The summed E-state index contributed by atoms with van der Waals surface area (Å²) in [5.74, 6) is -0.283. The Morgan fingerprint density at radius 2 is 2.20 bits per heavy atom. The van der Waals surface area contributed by atoms with Crippen LogP contribution >= 0.6 is 12.2 Å². The van der Waals surface area contributed by atoms with Gasteiger partial charge in [-0.25, -0.2) is 9.07 Å². The van der Waals surface area contributed by atoms with E-state index in [4.69, 9.17) is 12.2 Å². The summed E-state index contributed by atoms with van der Waals surface area (Å²) in [7, 11) is 1.87. The summed E-state index contributed by atoms with van der Waals surface area (Å²) in [5.41, 5.74) is 3.49. The first-order valence-corrected chi connectivity index (χ1v) is 6.95. The van der Waals surface area contributed by atoms with Crippen LogP contribution < -0.4 is 0 Å². The van der Waals surface area contributed by atoms with Gasteiger partial charge in [-0.1, -0.05) is 19.4 Å². The second kappa shape index (κ2) is 4.86. The van der Waals surface area contributed by atoms with Crippen LogP contribution in [0.4, 0.5) is 4.39 Å². The molecule has 1 N–H and O–H groups in total. The number of nitrogens with zero attached hydrogens (tertiary/aromatic N) is 3. The molecule has 4 nitrogen and oxygen atoms in total. The van der Waals surface area contributed by atoms with Crippen LogP contribution in [0.2, 0.25) is 0 Å². The van der Waals surface area contributed by atoms with E-state index < -0.39 is 0 Å². The molecule has 0 bridgehead atoms. The topological polar surface area (TPSA) is 38.5 Å². The average Bonchev–Trinajstić information content (AvgIpc) is 2.88. The number of benzene rings is 1. The highest BCUT2D eigenvalue weighted by atomic mass is 32.1. The van der Waals surface area contributed by atoms with Crippen molar-refractivity contribution in [1.82, 2.24) is 19.3 Å². The van der Waals surface area contributed by atoms with Crippen LogP contribution in [-0.4, -0.2) is 19.3 Å². The number of imidazole rings is 1. The standard InChI is InChI=1S/C14H15FN4S/c1-3-5-11-12-13(18(2)17-11)19(14(20)16-12)10-7-4-6-9(15)8-10/h4,6-8H,3,5H2,1-2H3,(H,16,20). The number of rotatable bonds is 3. The molecule has 2 aromatic heterocycles. The van der Waals surface area contributed by atoms with Crippen LogP contribution in [0, 0.1) is 10.6 Å². The fourth-order valence-electron chi connectivity index (χ4n) is 2.48. The zero-order chi connectivity index (χ0) is 14.3. The number of fused-ring (bicyclic) bond motifs is 1. The quantitative estimate of drug-likeness (QED) is 0.750. The molecule has 0 aliphatic carbocycles. The average molecular weight is 290 g/mol. The van der Waals surface area contributed by atoms with Crippen molar-refractivity contribution < 1.29 is 4.39 Å². The summed E-state index contributed by atoms with van der Waals surface area (Å²) in [5, 5.41) is 4.51. The molecule has 0 unspecified atom stereocenters. The van der Waals surface area contributed by atoms with Crippen molar-refractivity contribution in [3.8, 4) is 5.69 Å². The highest BCUT2D eigenvalue weighted by Gasteiger charge is 2.15. The van der Waals surface area contributed by atoms with Gasteiger partial charge < -0.3 is 4.98 Å². The normalized spacial score (nSPS) is 11.3. The lowest BCUT2D eigenvalue weighted by Crippen LogP contribution is -2.01. The molecule has 0 saturated heterocycles. The molecule has 0 aliphatic rings. The van der Waals surface area contributed by atoms with E-state index in [1.54, 1.807) is 10.7 Å². The van der Waals surface area contributed by atoms with Crippen molar-refractivity contribution in [1.29, 1.82) is 0 Å². The van der Waals surface area contributed by atoms with E-state index in [9.17, 15) is 4.39 Å². The predicted molar refractivity (Wildman–Crippen MR) is 79.2 cm³/mol. The largest absolute Gasteiger partial charge is 0.327 e. The molecule has 1 aromatic carbocycles. The second-order valence-corrected chi connectivity index (χ2v) is 5.15. The number of aromatic nitrogens is 4. The molecular weight excluding hydrogens is 275 g/mol. The molecule has 20 heavy (non-hydrogen) atoms. The van der Waals surface area contributed by atoms with Gasteiger partial charge in [-0.3, -0.25) is 4.57 Å². The zero-order valence-electron chi connectivity index (χ0n) is 11.4. The lowest BCUT2D eigenvalue weighted by molar-refractivity contribution is 0.626. The summed E-state index contributed by atoms with van der Waals surface area (Å²) < 4.78 is 17.6. The van der Waals surface area contributed by atoms with Gasteiger partial charge in [0, 0.05) is 7.05 Å². The van der Waals surface area contributed by atoms with Crippen molar-refractivity contribution in [3.05, 3.63) is 40.5 Å². The SMILES string of the molecule is CCCc1nn(C)c2c1[nH]c(=S)n2-c1cccc(F)c1. The van der Waals surface area contributed by atoms with Crippen molar-refractivity contribution in [2.45, 2.75) is 19.8 Å². The lowest BCUT2D eigenvalue weighted by atomic mass is 10.2. The van der Waals surface area contributed by atoms with E-state index in [1.165, 1.54) is 12.1 Å². The van der Waals surface area contributed by atoms with Gasteiger partial charge >= 0.3 is 0 Å². The monoisotopic (exact) mass is 290 g/mol. The first-order valence-electron chi connectivity index (χ1n) is 6.54. The number of hydrogen-bond acceptors (Lipinski definition) is 2. The number of nitrogens with one attached hydrogen (secondary N) is 1. The van der Waals surface area contributed by atoms with Gasteiger partial charge in [0.25, 0.3) is 0 Å². The lowest BCUT2D eigenvalue weighted by Gasteiger charge is -2.04. The van der Waals surface area contributed by atoms with Crippen LogP contribution in [0.15, 0.2) is 24.3 Å². The number of hydrogen-bond donors (Lipinski definition) is 1. The highest BCUT2D eigenvalue weighted by molar-refractivity contribution is 7.71. The van der Waals surface area contributed by atoms with Gasteiger partial charge in [0.15, 0.2) is 10.4 Å². The first kappa shape index (κ1) is 13.1. The molecule has 104 valence electrons. The summed E-state index contributed by atoms with van der Waals surface area (Å²) in [6.07, 6.45) is 1.90. The Bertz CT molecular complexity index is 827. The smallest absolute Gasteiger partial charge is 0.184 e. The molecule has 0 amide bonds. The van der Waals surface area contributed by atoms with Gasteiger partial charge in [-0.15, -0.1) is 0 Å². The zero-order valence-corrected chi connectivity index (χ0v) is 12.2. The van der Waals surface area contributed by atoms with E-state index in [0.29, 0.717) is 10.5 Å². The second-order valence-electron chi connectivity index (χ2n) is 4.76. The number of halogens is 1. The minimum Gasteiger partial charge on any atom is -0.327 e. The van der Waals surface area contributed by atoms with E-state index in [1.807, 2.05) is 17.7 Å². The molecule has 0 atom stereocenters. The molecule has 0 fully saturated rings. The summed E-state index contributed by atoms with van der Waals surface area (Å²) in [6.45, 7) is 2.11. The van der Waals surface area contributed by atoms with Gasteiger partial charge in [-0.2, -0.15) is 5.10 Å². The predicted octanol–water partition coefficient (Wildman–Crippen LogP) is 3.51. The van der Waals surface area contributed by atoms with Crippen molar-refractivity contribution in [2.75, 3.05) is 0 Å².